The van der Waals surface area contributed by atoms with Crippen molar-refractivity contribution in [2.75, 3.05) is 0 Å². The summed E-state index contributed by atoms with van der Waals surface area (Å²) < 4.78 is 0. The van der Waals surface area contributed by atoms with Crippen LogP contribution in [0.3, 0.4) is 0 Å². The molecule has 12 heavy (non-hydrogen) atoms. The largest absolute Gasteiger partial charge is 0.351 e. The van der Waals surface area contributed by atoms with Gasteiger partial charge in [-0.25, -0.2) is 4.79 Å². The molecule has 0 aromatic carbocycles. The van der Waals surface area contributed by atoms with E-state index in [1.807, 2.05) is 5.32 Å². The molecule has 0 rings (SSSR count). The average molecular weight is 172 g/mol. The Morgan fingerprint density at radius 3 is 2.42 bits per heavy atom. The van der Waals surface area contributed by atoms with E-state index in [0.29, 0.717) is 6.42 Å². The Labute approximate surface area is 72.5 Å². The summed E-state index contributed by atoms with van der Waals surface area (Å²) in [5, 5.41) is 2.02. The first kappa shape index (κ1) is 10.9. The zero-order chi connectivity index (χ0) is 9.40. The first-order chi connectivity index (χ1) is 5.66. The summed E-state index contributed by atoms with van der Waals surface area (Å²) in [6, 6.07) is -0.768. The predicted molar refractivity (Wildman–Crippen MR) is 46.5 cm³/mol. The Morgan fingerprint density at radius 1 is 1.25 bits per heavy atom. The fourth-order valence-electron chi connectivity index (χ4n) is 0.912. The highest BCUT2D eigenvalue weighted by Gasteiger charge is 2.02. The number of carbonyl (C=O) groups excluding carboxylic acids is 2. The lowest BCUT2D eigenvalue weighted by Gasteiger charge is -1.99. The minimum absolute atomic E-state index is 0.279. The second kappa shape index (κ2) is 6.64. The first-order valence-corrected chi connectivity index (χ1v) is 4.26. The number of primary amides is 1. The van der Waals surface area contributed by atoms with Crippen molar-refractivity contribution in [3.63, 3.8) is 0 Å². The molecular weight excluding hydrogens is 156 g/mol. The molecule has 0 saturated heterocycles. The van der Waals surface area contributed by atoms with E-state index in [-0.39, 0.29) is 5.91 Å². The van der Waals surface area contributed by atoms with Gasteiger partial charge in [0.05, 0.1) is 0 Å². The van der Waals surface area contributed by atoms with Gasteiger partial charge in [0.1, 0.15) is 0 Å². The van der Waals surface area contributed by atoms with Gasteiger partial charge >= 0.3 is 6.03 Å². The van der Waals surface area contributed by atoms with E-state index in [4.69, 9.17) is 5.73 Å². The topological polar surface area (TPSA) is 72.2 Å². The highest BCUT2D eigenvalue weighted by atomic mass is 16.2. The summed E-state index contributed by atoms with van der Waals surface area (Å²) in [6.45, 7) is 2.10. The van der Waals surface area contributed by atoms with E-state index >= 15 is 0 Å². The van der Waals surface area contributed by atoms with Crippen molar-refractivity contribution in [1.29, 1.82) is 0 Å². The molecule has 0 fully saturated rings. The number of amides is 3. The summed E-state index contributed by atoms with van der Waals surface area (Å²) in [6.07, 6.45) is 4.51. The molecule has 0 radical (unpaired) electrons. The van der Waals surface area contributed by atoms with Crippen LogP contribution in [0.2, 0.25) is 0 Å². The van der Waals surface area contributed by atoms with Gasteiger partial charge in [0.15, 0.2) is 0 Å². The molecule has 0 bridgehead atoms. The maximum atomic E-state index is 10.8. The van der Waals surface area contributed by atoms with Gasteiger partial charge in [-0.1, -0.05) is 26.2 Å². The molecule has 0 atom stereocenters. The molecule has 0 saturated carbocycles. The molecule has 70 valence electrons. The number of urea groups is 1. The zero-order valence-corrected chi connectivity index (χ0v) is 7.43. The molecule has 0 aliphatic rings. The quantitative estimate of drug-likeness (QED) is 0.610. The van der Waals surface area contributed by atoms with Crippen LogP contribution in [0.25, 0.3) is 0 Å². The Morgan fingerprint density at radius 2 is 1.92 bits per heavy atom. The van der Waals surface area contributed by atoms with E-state index in [1.165, 1.54) is 0 Å². The molecule has 0 heterocycles. The number of nitrogens with one attached hydrogen (secondary N) is 1. The molecule has 0 aliphatic carbocycles. The molecule has 4 nitrogen and oxygen atoms in total. The van der Waals surface area contributed by atoms with Gasteiger partial charge < -0.3 is 5.73 Å². The number of carbonyl (C=O) groups is 2. The normalized spacial score (nSPS) is 9.42. The Balaban J connectivity index is 3.26. The lowest BCUT2D eigenvalue weighted by atomic mass is 10.1. The number of hydrogen-bond donors (Lipinski definition) is 2. The Hall–Kier alpha value is -1.06. The van der Waals surface area contributed by atoms with Gasteiger partial charge in [-0.15, -0.1) is 0 Å². The van der Waals surface area contributed by atoms with Crippen LogP contribution in [0.4, 0.5) is 4.79 Å². The van der Waals surface area contributed by atoms with Crippen LogP contribution >= 0.6 is 0 Å². The molecule has 4 heteroatoms. The van der Waals surface area contributed by atoms with Crippen molar-refractivity contribution in [3.8, 4) is 0 Å². The minimum Gasteiger partial charge on any atom is -0.351 e. The SMILES string of the molecule is CCCCCCC(=O)NC(N)=O. The van der Waals surface area contributed by atoms with Gasteiger partial charge in [0.25, 0.3) is 0 Å². The molecule has 0 unspecified atom stereocenters. The van der Waals surface area contributed by atoms with Crippen molar-refractivity contribution in [2.45, 2.75) is 39.0 Å². The lowest BCUT2D eigenvalue weighted by molar-refractivity contribution is -0.120. The zero-order valence-electron chi connectivity index (χ0n) is 7.43. The number of nitrogens with two attached hydrogens (primary N) is 1. The first-order valence-electron chi connectivity index (χ1n) is 4.26. The van der Waals surface area contributed by atoms with Crippen molar-refractivity contribution in [1.82, 2.24) is 5.32 Å². The van der Waals surface area contributed by atoms with Crippen LogP contribution in [0.1, 0.15) is 39.0 Å². The highest BCUT2D eigenvalue weighted by molar-refractivity contribution is 5.93. The van der Waals surface area contributed by atoms with Gasteiger partial charge in [-0.2, -0.15) is 0 Å². The van der Waals surface area contributed by atoms with Gasteiger partial charge in [-0.3, -0.25) is 10.1 Å². The van der Waals surface area contributed by atoms with E-state index in [2.05, 4.69) is 6.92 Å². The van der Waals surface area contributed by atoms with E-state index in [1.54, 1.807) is 0 Å². The molecule has 3 amide bonds. The van der Waals surface area contributed by atoms with Crippen LogP contribution in [0.5, 0.6) is 0 Å². The number of hydrogen-bond acceptors (Lipinski definition) is 2. The average Bonchev–Trinajstić information content (AvgIpc) is 1.97. The fourth-order valence-corrected chi connectivity index (χ4v) is 0.912. The van der Waals surface area contributed by atoms with Gasteiger partial charge in [-0.05, 0) is 6.42 Å². The van der Waals surface area contributed by atoms with Crippen molar-refractivity contribution >= 4 is 11.9 Å². The van der Waals surface area contributed by atoms with Crippen molar-refractivity contribution < 1.29 is 9.59 Å². The molecule has 0 aliphatic heterocycles. The molecular formula is C8H16N2O2. The molecule has 0 spiro atoms. The smallest absolute Gasteiger partial charge is 0.318 e. The van der Waals surface area contributed by atoms with Crippen molar-refractivity contribution in [3.05, 3.63) is 0 Å². The second-order valence-corrected chi connectivity index (χ2v) is 2.72. The fraction of sp³-hybridized carbons (Fsp3) is 0.750. The van der Waals surface area contributed by atoms with Crippen LogP contribution in [-0.2, 0) is 4.79 Å². The third-order valence-electron chi connectivity index (χ3n) is 1.52. The number of unbranched alkanes of at least 4 members (excludes halogenated alkanes) is 3. The summed E-state index contributed by atoms with van der Waals surface area (Å²) in [7, 11) is 0. The number of rotatable bonds is 5. The third kappa shape index (κ3) is 7.05. The second-order valence-electron chi connectivity index (χ2n) is 2.72. The highest BCUT2D eigenvalue weighted by Crippen LogP contribution is 2.01. The summed E-state index contributed by atoms with van der Waals surface area (Å²) in [5.74, 6) is -0.279. The maximum absolute atomic E-state index is 10.8. The molecule has 0 aromatic rings. The van der Waals surface area contributed by atoms with E-state index in [9.17, 15) is 9.59 Å². The summed E-state index contributed by atoms with van der Waals surface area (Å²) >= 11 is 0. The maximum Gasteiger partial charge on any atom is 0.318 e. The number of imide groups is 1. The lowest BCUT2D eigenvalue weighted by Crippen LogP contribution is -2.34. The Kier molecular flexibility index (Phi) is 6.05. The van der Waals surface area contributed by atoms with Crippen molar-refractivity contribution in [2.24, 2.45) is 5.73 Å². The van der Waals surface area contributed by atoms with E-state index in [0.717, 1.165) is 25.7 Å². The van der Waals surface area contributed by atoms with E-state index < -0.39 is 6.03 Å². The molecule has 0 aromatic heterocycles. The monoisotopic (exact) mass is 172 g/mol. The van der Waals surface area contributed by atoms with Gasteiger partial charge in [0.2, 0.25) is 5.91 Å². The third-order valence-corrected chi connectivity index (χ3v) is 1.52. The van der Waals surface area contributed by atoms with Crippen LogP contribution < -0.4 is 11.1 Å². The van der Waals surface area contributed by atoms with Gasteiger partial charge in [0, 0.05) is 6.42 Å². The minimum atomic E-state index is -0.768. The Bertz CT molecular complexity index is 157. The predicted octanol–water partition coefficient (Wildman–Crippen LogP) is 1.15. The summed E-state index contributed by atoms with van der Waals surface area (Å²) in [4.78, 5) is 21.0. The molecule has 3 N–H and O–H groups in total. The van der Waals surface area contributed by atoms with Crippen LogP contribution in [0.15, 0.2) is 0 Å². The van der Waals surface area contributed by atoms with Crippen LogP contribution in [0, 0.1) is 0 Å². The van der Waals surface area contributed by atoms with Crippen LogP contribution in [-0.4, -0.2) is 11.9 Å². The summed E-state index contributed by atoms with van der Waals surface area (Å²) in [5.41, 5.74) is 4.75. The standard InChI is InChI=1S/C8H16N2O2/c1-2-3-4-5-6-7(11)10-8(9)12/h2-6H2,1H3,(H3,9,10,11,12).